The largest absolute Gasteiger partial charge is 0.493 e. The summed E-state index contributed by atoms with van der Waals surface area (Å²) < 4.78 is 32.6. The molecule has 0 saturated carbocycles. The predicted molar refractivity (Wildman–Crippen MR) is 114 cm³/mol. The molecule has 4 rings (SSSR count). The molecule has 0 atom stereocenters. The van der Waals surface area contributed by atoms with Crippen LogP contribution in [0.1, 0.15) is 15.9 Å². The number of carbonyl (C=O) groups is 2. The van der Waals surface area contributed by atoms with E-state index in [4.69, 9.17) is 28.4 Å². The second kappa shape index (κ2) is 9.19. The number of fused-ring (bicyclic) bond motifs is 1. The molecule has 1 saturated heterocycles. The molecule has 9 heteroatoms. The van der Waals surface area contributed by atoms with E-state index in [0.29, 0.717) is 60.4 Å². The highest BCUT2D eigenvalue weighted by Gasteiger charge is 2.29. The molecule has 2 aliphatic heterocycles. The van der Waals surface area contributed by atoms with E-state index < -0.39 is 6.09 Å². The molecule has 0 N–H and O–H groups in total. The van der Waals surface area contributed by atoms with Crippen molar-refractivity contribution >= 4 is 18.0 Å². The minimum atomic E-state index is -0.469. The van der Waals surface area contributed by atoms with Crippen LogP contribution in [0.25, 0.3) is 6.08 Å². The maximum absolute atomic E-state index is 12.8. The zero-order chi connectivity index (χ0) is 22.7. The smallest absolute Gasteiger partial charge is 0.415 e. The van der Waals surface area contributed by atoms with Gasteiger partial charge in [0.25, 0.3) is 0 Å². The fourth-order valence-corrected chi connectivity index (χ4v) is 3.52. The third-order valence-electron chi connectivity index (χ3n) is 5.14. The number of morpholine rings is 1. The van der Waals surface area contributed by atoms with Crippen molar-refractivity contribution in [1.29, 1.82) is 0 Å². The van der Waals surface area contributed by atoms with Gasteiger partial charge in [-0.05, 0) is 30.3 Å². The summed E-state index contributed by atoms with van der Waals surface area (Å²) in [4.78, 5) is 26.7. The Morgan fingerprint density at radius 3 is 2.44 bits per heavy atom. The highest BCUT2D eigenvalue weighted by molar-refractivity contribution is 6.14. The van der Waals surface area contributed by atoms with Crippen LogP contribution >= 0.6 is 0 Å². The maximum atomic E-state index is 12.8. The molecule has 168 valence electrons. The zero-order valence-corrected chi connectivity index (χ0v) is 18.0. The molecule has 1 fully saturated rings. The van der Waals surface area contributed by atoms with E-state index in [-0.39, 0.29) is 17.3 Å². The van der Waals surface area contributed by atoms with E-state index in [9.17, 15) is 9.59 Å². The first-order valence-electron chi connectivity index (χ1n) is 9.97. The van der Waals surface area contributed by atoms with Crippen LogP contribution in [-0.4, -0.2) is 64.4 Å². The van der Waals surface area contributed by atoms with Crippen LogP contribution in [-0.2, 0) is 4.74 Å². The van der Waals surface area contributed by atoms with Crippen molar-refractivity contribution in [2.45, 2.75) is 0 Å². The Hall–Kier alpha value is -3.72. The summed E-state index contributed by atoms with van der Waals surface area (Å²) in [6, 6.07) is 8.12. The number of amides is 1. The minimum absolute atomic E-state index is 0.113. The summed E-state index contributed by atoms with van der Waals surface area (Å²) in [5, 5.41) is 0. The average Bonchev–Trinajstić information content (AvgIpc) is 3.13. The number of nitrogens with zero attached hydrogens (tertiary/aromatic N) is 1. The second-order valence-electron chi connectivity index (χ2n) is 6.99. The first kappa shape index (κ1) is 21.5. The van der Waals surface area contributed by atoms with Gasteiger partial charge in [-0.25, -0.2) is 4.79 Å². The van der Waals surface area contributed by atoms with Gasteiger partial charge < -0.3 is 33.3 Å². The molecule has 0 bridgehead atoms. The highest BCUT2D eigenvalue weighted by atomic mass is 16.6. The van der Waals surface area contributed by atoms with Gasteiger partial charge in [-0.15, -0.1) is 0 Å². The van der Waals surface area contributed by atoms with Gasteiger partial charge in [-0.1, -0.05) is 0 Å². The lowest BCUT2D eigenvalue weighted by Gasteiger charge is -2.25. The van der Waals surface area contributed by atoms with Crippen LogP contribution in [0, 0.1) is 0 Å². The molecular formula is C23H23NO8. The van der Waals surface area contributed by atoms with Gasteiger partial charge in [-0.3, -0.25) is 4.79 Å². The van der Waals surface area contributed by atoms with Crippen LogP contribution in [0.2, 0.25) is 0 Å². The SMILES string of the molecule is COc1ccc(/C=C2\Oc3cc(OC(=O)N4CCOCC4)ccc3C2=O)c(OC)c1OC. The fourth-order valence-electron chi connectivity index (χ4n) is 3.52. The minimum Gasteiger partial charge on any atom is -0.493 e. The molecule has 0 unspecified atom stereocenters. The molecule has 0 aliphatic carbocycles. The quantitative estimate of drug-likeness (QED) is 0.654. The van der Waals surface area contributed by atoms with E-state index in [0.717, 1.165) is 0 Å². The molecule has 32 heavy (non-hydrogen) atoms. The monoisotopic (exact) mass is 441 g/mol. The van der Waals surface area contributed by atoms with Crippen molar-refractivity contribution in [3.63, 3.8) is 0 Å². The van der Waals surface area contributed by atoms with Crippen molar-refractivity contribution in [2.75, 3.05) is 47.6 Å². The lowest BCUT2D eigenvalue weighted by Crippen LogP contribution is -2.42. The number of Topliss-reactive ketones (excluding diaryl/α,β-unsaturated/α-hetero) is 1. The lowest BCUT2D eigenvalue weighted by atomic mass is 10.1. The number of carbonyl (C=O) groups excluding carboxylic acids is 2. The van der Waals surface area contributed by atoms with Gasteiger partial charge in [0.1, 0.15) is 11.5 Å². The first-order chi connectivity index (χ1) is 15.5. The third kappa shape index (κ3) is 4.06. The fraction of sp³-hybridized carbons (Fsp3) is 0.304. The first-order valence-corrected chi connectivity index (χ1v) is 9.97. The van der Waals surface area contributed by atoms with Gasteiger partial charge in [0, 0.05) is 24.7 Å². The molecule has 0 spiro atoms. The molecule has 2 aromatic rings. The molecule has 0 aromatic heterocycles. The summed E-state index contributed by atoms with van der Waals surface area (Å²) in [6.07, 6.45) is 1.10. The van der Waals surface area contributed by atoms with Crippen molar-refractivity contribution in [1.82, 2.24) is 4.90 Å². The Kier molecular flexibility index (Phi) is 6.18. The van der Waals surface area contributed by atoms with E-state index in [1.807, 2.05) is 0 Å². The number of ketones is 1. The van der Waals surface area contributed by atoms with Gasteiger partial charge in [0.2, 0.25) is 11.5 Å². The van der Waals surface area contributed by atoms with Gasteiger partial charge in [0.15, 0.2) is 17.3 Å². The van der Waals surface area contributed by atoms with Crippen molar-refractivity contribution in [2.24, 2.45) is 0 Å². The molecule has 2 aliphatic rings. The number of benzene rings is 2. The zero-order valence-electron chi connectivity index (χ0n) is 18.0. The Balaban J connectivity index is 1.57. The molecular weight excluding hydrogens is 418 g/mol. The van der Waals surface area contributed by atoms with E-state index in [1.54, 1.807) is 35.2 Å². The number of rotatable bonds is 5. The van der Waals surface area contributed by atoms with Crippen LogP contribution in [0.5, 0.6) is 28.7 Å². The third-order valence-corrected chi connectivity index (χ3v) is 5.14. The summed E-state index contributed by atoms with van der Waals surface area (Å²) >= 11 is 0. The standard InChI is InChI=1S/C23H23NO8/c1-27-17-7-4-14(21(28-2)22(17)29-3)12-19-20(25)16-6-5-15(13-18(16)32-19)31-23(26)24-8-10-30-11-9-24/h4-7,12-13H,8-11H2,1-3H3/b19-12-. The molecule has 9 nitrogen and oxygen atoms in total. The van der Waals surface area contributed by atoms with Crippen LogP contribution in [0.4, 0.5) is 4.79 Å². The van der Waals surface area contributed by atoms with E-state index in [1.165, 1.54) is 27.4 Å². The Bertz CT molecular complexity index is 1070. The number of ether oxygens (including phenoxy) is 6. The Labute approximate surface area is 185 Å². The number of allylic oxidation sites excluding steroid dienone is 1. The van der Waals surface area contributed by atoms with E-state index in [2.05, 4.69) is 0 Å². The second-order valence-corrected chi connectivity index (χ2v) is 6.99. The van der Waals surface area contributed by atoms with Crippen LogP contribution in [0.15, 0.2) is 36.1 Å². The topological polar surface area (TPSA) is 92.8 Å². The molecule has 0 radical (unpaired) electrons. The Morgan fingerprint density at radius 1 is 1.00 bits per heavy atom. The molecule has 2 heterocycles. The summed E-state index contributed by atoms with van der Waals surface area (Å²) in [5.41, 5.74) is 0.960. The number of methoxy groups -OCH3 is 3. The summed E-state index contributed by atoms with van der Waals surface area (Å²) in [5.74, 6) is 1.74. The maximum Gasteiger partial charge on any atom is 0.415 e. The molecule has 2 aromatic carbocycles. The lowest BCUT2D eigenvalue weighted by molar-refractivity contribution is 0.0416. The van der Waals surface area contributed by atoms with Crippen molar-refractivity contribution in [3.8, 4) is 28.7 Å². The molecule has 1 amide bonds. The highest BCUT2D eigenvalue weighted by Crippen LogP contribution is 2.42. The van der Waals surface area contributed by atoms with Gasteiger partial charge >= 0.3 is 6.09 Å². The predicted octanol–water partition coefficient (Wildman–Crippen LogP) is 3.16. The number of hydrogen-bond acceptors (Lipinski definition) is 8. The van der Waals surface area contributed by atoms with Gasteiger partial charge in [-0.2, -0.15) is 0 Å². The Morgan fingerprint density at radius 2 is 1.75 bits per heavy atom. The van der Waals surface area contributed by atoms with Crippen molar-refractivity contribution in [3.05, 3.63) is 47.2 Å². The normalized spacial score (nSPS) is 16.4. The summed E-state index contributed by atoms with van der Waals surface area (Å²) in [7, 11) is 4.53. The number of hydrogen-bond donors (Lipinski definition) is 0. The summed E-state index contributed by atoms with van der Waals surface area (Å²) in [6.45, 7) is 1.90. The average molecular weight is 441 g/mol. The van der Waals surface area contributed by atoms with Crippen molar-refractivity contribution < 1.29 is 38.0 Å². The van der Waals surface area contributed by atoms with E-state index >= 15 is 0 Å². The van der Waals surface area contributed by atoms with Crippen LogP contribution < -0.4 is 23.7 Å². The van der Waals surface area contributed by atoms with Crippen LogP contribution in [0.3, 0.4) is 0 Å². The van der Waals surface area contributed by atoms with Gasteiger partial charge in [0.05, 0.1) is 40.1 Å².